The third-order valence-corrected chi connectivity index (χ3v) is 4.58. The van der Waals surface area contributed by atoms with E-state index >= 15 is 0 Å². The van der Waals surface area contributed by atoms with Crippen molar-refractivity contribution < 1.29 is 14.3 Å². The molecule has 1 saturated heterocycles. The molecule has 1 aliphatic heterocycles. The quantitative estimate of drug-likeness (QED) is 0.938. The summed E-state index contributed by atoms with van der Waals surface area (Å²) in [6.45, 7) is 4.11. The summed E-state index contributed by atoms with van der Waals surface area (Å²) in [5.41, 5.74) is 0.972. The van der Waals surface area contributed by atoms with Crippen LogP contribution in [0.2, 0.25) is 0 Å². The molecule has 2 atom stereocenters. The van der Waals surface area contributed by atoms with Crippen LogP contribution in [-0.4, -0.2) is 34.0 Å². The minimum Gasteiger partial charge on any atom is -0.481 e. The lowest BCUT2D eigenvalue weighted by molar-refractivity contribution is -0.142. The van der Waals surface area contributed by atoms with Crippen molar-refractivity contribution in [1.29, 1.82) is 0 Å². The van der Waals surface area contributed by atoms with Gasteiger partial charge >= 0.3 is 5.97 Å². The zero-order valence-corrected chi connectivity index (χ0v) is 12.0. The molecule has 6 heteroatoms. The second kappa shape index (κ2) is 5.38. The van der Waals surface area contributed by atoms with Crippen molar-refractivity contribution in [3.05, 3.63) is 29.5 Å². The molecule has 2 aromatic rings. The van der Waals surface area contributed by atoms with Crippen LogP contribution in [0.4, 0.5) is 0 Å². The molecule has 3 rings (SSSR count). The van der Waals surface area contributed by atoms with E-state index in [4.69, 9.17) is 9.52 Å². The summed E-state index contributed by atoms with van der Waals surface area (Å²) in [5.74, 6) is 0.00265. The van der Waals surface area contributed by atoms with Gasteiger partial charge in [-0.3, -0.25) is 9.69 Å². The molecule has 1 fully saturated rings. The Morgan fingerprint density at radius 1 is 1.60 bits per heavy atom. The molecule has 0 aromatic carbocycles. The number of carboxylic acid groups (broad SMARTS) is 1. The Hall–Kier alpha value is -1.66. The average Bonchev–Trinajstić information content (AvgIpc) is 3.09. The SMILES string of the molecule is CC1CN(Cc2csc(-c3ccco3)n2)CC1C(=O)O. The van der Waals surface area contributed by atoms with E-state index in [0.29, 0.717) is 13.1 Å². The van der Waals surface area contributed by atoms with Gasteiger partial charge in [-0.15, -0.1) is 11.3 Å². The van der Waals surface area contributed by atoms with Crippen molar-refractivity contribution in [2.75, 3.05) is 13.1 Å². The monoisotopic (exact) mass is 292 g/mol. The Balaban J connectivity index is 1.66. The Kier molecular flexibility index (Phi) is 3.58. The van der Waals surface area contributed by atoms with Crippen LogP contribution in [0.3, 0.4) is 0 Å². The highest BCUT2D eigenvalue weighted by Crippen LogP contribution is 2.27. The van der Waals surface area contributed by atoms with E-state index in [-0.39, 0.29) is 11.8 Å². The second-order valence-corrected chi connectivity index (χ2v) is 6.10. The van der Waals surface area contributed by atoms with Crippen molar-refractivity contribution in [3.63, 3.8) is 0 Å². The third-order valence-electron chi connectivity index (χ3n) is 3.67. The van der Waals surface area contributed by atoms with E-state index in [0.717, 1.165) is 23.0 Å². The summed E-state index contributed by atoms with van der Waals surface area (Å²) in [6.07, 6.45) is 1.63. The summed E-state index contributed by atoms with van der Waals surface area (Å²) < 4.78 is 5.33. The molecule has 2 aromatic heterocycles. The number of aromatic nitrogens is 1. The topological polar surface area (TPSA) is 66.6 Å². The van der Waals surface area contributed by atoms with E-state index in [1.807, 2.05) is 24.4 Å². The lowest BCUT2D eigenvalue weighted by Gasteiger charge is -2.12. The molecule has 0 saturated carbocycles. The highest BCUT2D eigenvalue weighted by molar-refractivity contribution is 7.13. The van der Waals surface area contributed by atoms with Crippen LogP contribution in [0.5, 0.6) is 0 Å². The summed E-state index contributed by atoms with van der Waals surface area (Å²) in [5, 5.41) is 12.0. The van der Waals surface area contributed by atoms with Gasteiger partial charge in [-0.25, -0.2) is 4.98 Å². The Labute approximate surface area is 120 Å². The summed E-state index contributed by atoms with van der Waals surface area (Å²) >= 11 is 1.55. The number of rotatable bonds is 4. The number of carboxylic acids is 1. The number of carbonyl (C=O) groups is 1. The first-order valence-corrected chi connectivity index (χ1v) is 7.45. The lowest BCUT2D eigenvalue weighted by Crippen LogP contribution is -2.23. The van der Waals surface area contributed by atoms with Crippen molar-refractivity contribution >= 4 is 17.3 Å². The van der Waals surface area contributed by atoms with Crippen molar-refractivity contribution in [2.45, 2.75) is 13.5 Å². The predicted molar refractivity (Wildman–Crippen MR) is 75.4 cm³/mol. The van der Waals surface area contributed by atoms with E-state index < -0.39 is 5.97 Å². The largest absolute Gasteiger partial charge is 0.481 e. The Morgan fingerprint density at radius 2 is 2.45 bits per heavy atom. The van der Waals surface area contributed by atoms with Gasteiger partial charge in [0.2, 0.25) is 0 Å². The molecule has 20 heavy (non-hydrogen) atoms. The molecule has 0 bridgehead atoms. The number of nitrogens with zero attached hydrogens (tertiary/aromatic N) is 2. The molecular weight excluding hydrogens is 276 g/mol. The standard InChI is InChI=1S/C14H16N2O3S/c1-9-5-16(7-11(9)14(17)18)6-10-8-20-13(15-10)12-3-2-4-19-12/h2-4,8-9,11H,5-7H2,1H3,(H,17,18). The Bertz CT molecular complexity index is 593. The fourth-order valence-corrected chi connectivity index (χ4v) is 3.42. The van der Waals surface area contributed by atoms with Crippen molar-refractivity contribution in [3.8, 4) is 10.8 Å². The molecule has 106 valence electrons. The Morgan fingerprint density at radius 3 is 3.10 bits per heavy atom. The minimum absolute atomic E-state index is 0.190. The highest BCUT2D eigenvalue weighted by atomic mass is 32.1. The van der Waals surface area contributed by atoms with Crippen LogP contribution in [-0.2, 0) is 11.3 Å². The first-order chi connectivity index (χ1) is 9.63. The van der Waals surface area contributed by atoms with Gasteiger partial charge in [-0.1, -0.05) is 6.92 Å². The molecule has 3 heterocycles. The smallest absolute Gasteiger partial charge is 0.308 e. The third kappa shape index (κ3) is 2.62. The minimum atomic E-state index is -0.699. The maximum atomic E-state index is 11.1. The summed E-state index contributed by atoms with van der Waals surface area (Å²) in [7, 11) is 0. The van der Waals surface area contributed by atoms with Gasteiger partial charge in [0.15, 0.2) is 10.8 Å². The normalized spacial score (nSPS) is 23.2. The van der Waals surface area contributed by atoms with Crippen LogP contribution < -0.4 is 0 Å². The van der Waals surface area contributed by atoms with E-state index in [9.17, 15) is 4.79 Å². The lowest BCUT2D eigenvalue weighted by atomic mass is 9.99. The van der Waals surface area contributed by atoms with Crippen LogP contribution in [0.15, 0.2) is 28.2 Å². The first kappa shape index (κ1) is 13.3. The summed E-state index contributed by atoms with van der Waals surface area (Å²) in [4.78, 5) is 17.8. The van der Waals surface area contributed by atoms with E-state index in [2.05, 4.69) is 9.88 Å². The maximum Gasteiger partial charge on any atom is 0.308 e. The van der Waals surface area contributed by atoms with Gasteiger partial charge in [-0.2, -0.15) is 0 Å². The van der Waals surface area contributed by atoms with E-state index in [1.165, 1.54) is 0 Å². The number of hydrogen-bond acceptors (Lipinski definition) is 5. The van der Waals surface area contributed by atoms with Crippen LogP contribution in [0.1, 0.15) is 12.6 Å². The fourth-order valence-electron chi connectivity index (χ4n) is 2.64. The van der Waals surface area contributed by atoms with Crippen LogP contribution in [0, 0.1) is 11.8 Å². The van der Waals surface area contributed by atoms with Crippen molar-refractivity contribution in [2.24, 2.45) is 11.8 Å². The van der Waals surface area contributed by atoms with Crippen molar-refractivity contribution in [1.82, 2.24) is 9.88 Å². The molecule has 2 unspecified atom stereocenters. The molecule has 0 aliphatic carbocycles. The molecule has 0 amide bonds. The summed E-state index contributed by atoms with van der Waals surface area (Å²) in [6, 6.07) is 3.73. The molecule has 1 aliphatic rings. The number of aliphatic carboxylic acids is 1. The molecule has 5 nitrogen and oxygen atoms in total. The molecular formula is C14H16N2O3S. The van der Waals surface area contributed by atoms with Gasteiger partial charge in [0.25, 0.3) is 0 Å². The zero-order chi connectivity index (χ0) is 14.1. The van der Waals surface area contributed by atoms with Gasteiger partial charge in [0.1, 0.15) is 0 Å². The highest BCUT2D eigenvalue weighted by Gasteiger charge is 2.34. The van der Waals surface area contributed by atoms with Crippen LogP contribution >= 0.6 is 11.3 Å². The fraction of sp³-hybridized carbons (Fsp3) is 0.429. The molecule has 0 spiro atoms. The molecule has 0 radical (unpaired) electrons. The average molecular weight is 292 g/mol. The van der Waals surface area contributed by atoms with Gasteiger partial charge in [-0.05, 0) is 18.1 Å². The zero-order valence-electron chi connectivity index (χ0n) is 11.2. The van der Waals surface area contributed by atoms with Gasteiger partial charge < -0.3 is 9.52 Å². The van der Waals surface area contributed by atoms with Crippen LogP contribution in [0.25, 0.3) is 10.8 Å². The number of likely N-dealkylation sites (tertiary alicyclic amines) is 1. The number of hydrogen-bond donors (Lipinski definition) is 1. The second-order valence-electron chi connectivity index (χ2n) is 5.24. The first-order valence-electron chi connectivity index (χ1n) is 6.57. The van der Waals surface area contributed by atoms with Gasteiger partial charge in [0.05, 0.1) is 17.9 Å². The maximum absolute atomic E-state index is 11.1. The van der Waals surface area contributed by atoms with E-state index in [1.54, 1.807) is 17.6 Å². The predicted octanol–water partition coefficient (Wildman–Crippen LogP) is 2.56. The molecule has 1 N–H and O–H groups in total. The van der Waals surface area contributed by atoms with Gasteiger partial charge in [0, 0.05) is 25.0 Å². The number of furan rings is 1. The number of thiazole rings is 1.